The molecule has 1 N–H and O–H groups in total. The van der Waals surface area contributed by atoms with Crippen LogP contribution in [-0.4, -0.2) is 16.7 Å². The number of aliphatic hydroxyl groups is 1. The highest BCUT2D eigenvalue weighted by Crippen LogP contribution is 2.05. The zero-order valence-corrected chi connectivity index (χ0v) is 6.64. The minimum absolute atomic E-state index is 0.0845. The molecule has 1 aromatic heterocycles. The van der Waals surface area contributed by atoms with Crippen LogP contribution in [0.15, 0.2) is 24.5 Å². The lowest BCUT2D eigenvalue weighted by atomic mass is 10.0. The third-order valence-electron chi connectivity index (χ3n) is 1.63. The van der Waals surface area contributed by atoms with Crippen LogP contribution >= 0.6 is 0 Å². The van der Waals surface area contributed by atoms with E-state index in [-0.39, 0.29) is 12.5 Å². The van der Waals surface area contributed by atoms with Gasteiger partial charge < -0.3 is 5.11 Å². The smallest absolute Gasteiger partial charge is 0.0734 e. The maximum atomic E-state index is 8.75. The van der Waals surface area contributed by atoms with Gasteiger partial charge in [-0.25, -0.2) is 0 Å². The second-order valence-corrected chi connectivity index (χ2v) is 2.57. The summed E-state index contributed by atoms with van der Waals surface area (Å²) in [4.78, 5) is 3.86. The Labute approximate surface area is 71.3 Å². The topological polar surface area (TPSA) is 56.9 Å². The van der Waals surface area contributed by atoms with Crippen LogP contribution < -0.4 is 0 Å². The summed E-state index contributed by atoms with van der Waals surface area (Å²) in [6.07, 6.45) is 3.96. The number of hydrogen-bond acceptors (Lipinski definition) is 3. The number of pyridine rings is 1. The van der Waals surface area contributed by atoms with Gasteiger partial charge in [0.25, 0.3) is 0 Å². The first-order valence-electron chi connectivity index (χ1n) is 3.76. The second kappa shape index (κ2) is 4.47. The van der Waals surface area contributed by atoms with Gasteiger partial charge in [0, 0.05) is 12.4 Å². The summed E-state index contributed by atoms with van der Waals surface area (Å²) in [6, 6.07) is 5.72. The van der Waals surface area contributed by atoms with E-state index in [1.165, 1.54) is 0 Å². The van der Waals surface area contributed by atoms with E-state index in [1.807, 2.05) is 18.2 Å². The molecule has 0 fully saturated rings. The summed E-state index contributed by atoms with van der Waals surface area (Å²) < 4.78 is 0. The highest BCUT2D eigenvalue weighted by atomic mass is 16.3. The molecule has 3 heteroatoms. The molecule has 12 heavy (non-hydrogen) atoms. The first-order valence-corrected chi connectivity index (χ1v) is 3.76. The quantitative estimate of drug-likeness (QED) is 0.713. The van der Waals surface area contributed by atoms with Crippen molar-refractivity contribution in [1.82, 2.24) is 4.98 Å². The molecule has 0 bridgehead atoms. The Morgan fingerprint density at radius 3 is 2.67 bits per heavy atom. The molecular weight excluding hydrogens is 152 g/mol. The standard InChI is InChI=1S/C9H10N2O/c10-6-9(7-12)5-8-1-3-11-4-2-8/h1-4,9,12H,5,7H2/t9-/m1/s1. The van der Waals surface area contributed by atoms with E-state index in [2.05, 4.69) is 4.98 Å². The molecule has 0 amide bonds. The summed E-state index contributed by atoms with van der Waals surface area (Å²) in [7, 11) is 0. The van der Waals surface area contributed by atoms with Crippen molar-refractivity contribution >= 4 is 0 Å². The molecule has 0 spiro atoms. The fourth-order valence-corrected chi connectivity index (χ4v) is 0.954. The van der Waals surface area contributed by atoms with E-state index in [4.69, 9.17) is 10.4 Å². The van der Waals surface area contributed by atoms with Crippen LogP contribution in [0.25, 0.3) is 0 Å². The number of nitriles is 1. The molecule has 0 aliphatic heterocycles. The Hall–Kier alpha value is -1.40. The fourth-order valence-electron chi connectivity index (χ4n) is 0.954. The van der Waals surface area contributed by atoms with E-state index in [0.717, 1.165) is 5.56 Å². The van der Waals surface area contributed by atoms with Crippen LogP contribution in [0.1, 0.15) is 5.56 Å². The van der Waals surface area contributed by atoms with E-state index in [1.54, 1.807) is 12.4 Å². The lowest BCUT2D eigenvalue weighted by molar-refractivity contribution is 0.255. The van der Waals surface area contributed by atoms with Crippen molar-refractivity contribution in [2.45, 2.75) is 6.42 Å². The Morgan fingerprint density at radius 2 is 2.17 bits per heavy atom. The molecule has 0 aliphatic carbocycles. The monoisotopic (exact) mass is 162 g/mol. The molecule has 3 nitrogen and oxygen atoms in total. The average molecular weight is 162 g/mol. The zero-order chi connectivity index (χ0) is 8.81. The summed E-state index contributed by atoms with van der Waals surface area (Å²) in [5.74, 6) is -0.299. The van der Waals surface area contributed by atoms with Gasteiger partial charge in [-0.15, -0.1) is 0 Å². The highest BCUT2D eigenvalue weighted by Gasteiger charge is 2.05. The summed E-state index contributed by atoms with van der Waals surface area (Å²) in [6.45, 7) is -0.0845. The number of hydrogen-bond donors (Lipinski definition) is 1. The average Bonchev–Trinajstić information content (AvgIpc) is 2.16. The maximum Gasteiger partial charge on any atom is 0.0734 e. The highest BCUT2D eigenvalue weighted by molar-refractivity contribution is 5.12. The molecule has 62 valence electrons. The first kappa shape index (κ1) is 8.69. The van der Waals surface area contributed by atoms with E-state index >= 15 is 0 Å². The lowest BCUT2D eigenvalue weighted by Crippen LogP contribution is -2.06. The van der Waals surface area contributed by atoms with Crippen molar-refractivity contribution in [3.63, 3.8) is 0 Å². The molecule has 0 unspecified atom stereocenters. The zero-order valence-electron chi connectivity index (χ0n) is 6.64. The van der Waals surface area contributed by atoms with Crippen molar-refractivity contribution in [3.05, 3.63) is 30.1 Å². The van der Waals surface area contributed by atoms with Gasteiger partial charge in [-0.3, -0.25) is 4.98 Å². The molecule has 0 aromatic carbocycles. The van der Waals surface area contributed by atoms with Gasteiger partial charge in [0.1, 0.15) is 0 Å². The molecule has 0 saturated carbocycles. The third kappa shape index (κ3) is 2.33. The summed E-state index contributed by atoms with van der Waals surface area (Å²) in [5.41, 5.74) is 1.03. The van der Waals surface area contributed by atoms with Crippen LogP contribution in [0.3, 0.4) is 0 Å². The van der Waals surface area contributed by atoms with E-state index in [9.17, 15) is 0 Å². The Kier molecular flexibility index (Phi) is 3.24. The summed E-state index contributed by atoms with van der Waals surface area (Å²) >= 11 is 0. The Bertz CT molecular complexity index is 266. The Balaban J connectivity index is 2.58. The van der Waals surface area contributed by atoms with Crippen molar-refractivity contribution in [3.8, 4) is 6.07 Å². The van der Waals surface area contributed by atoms with Crippen LogP contribution in [0.5, 0.6) is 0 Å². The predicted molar refractivity (Wildman–Crippen MR) is 44.1 cm³/mol. The van der Waals surface area contributed by atoms with Gasteiger partial charge >= 0.3 is 0 Å². The van der Waals surface area contributed by atoms with Crippen molar-refractivity contribution < 1.29 is 5.11 Å². The van der Waals surface area contributed by atoms with Gasteiger partial charge in [0.15, 0.2) is 0 Å². The number of rotatable bonds is 3. The minimum atomic E-state index is -0.299. The minimum Gasteiger partial charge on any atom is -0.395 e. The van der Waals surface area contributed by atoms with Crippen molar-refractivity contribution in [1.29, 1.82) is 5.26 Å². The normalized spacial score (nSPS) is 12.0. The van der Waals surface area contributed by atoms with Gasteiger partial charge in [0.2, 0.25) is 0 Å². The van der Waals surface area contributed by atoms with E-state index < -0.39 is 0 Å². The largest absolute Gasteiger partial charge is 0.395 e. The molecule has 1 aromatic rings. The molecule has 1 rings (SSSR count). The number of aliphatic hydroxyl groups excluding tert-OH is 1. The first-order chi connectivity index (χ1) is 5.86. The molecular formula is C9H10N2O. The van der Waals surface area contributed by atoms with Gasteiger partial charge in [-0.2, -0.15) is 5.26 Å². The Morgan fingerprint density at radius 1 is 1.50 bits per heavy atom. The third-order valence-corrected chi connectivity index (χ3v) is 1.63. The van der Waals surface area contributed by atoms with Gasteiger partial charge in [0.05, 0.1) is 18.6 Å². The van der Waals surface area contributed by atoms with Crippen LogP contribution in [0.2, 0.25) is 0 Å². The van der Waals surface area contributed by atoms with Crippen molar-refractivity contribution in [2.75, 3.05) is 6.61 Å². The van der Waals surface area contributed by atoms with Gasteiger partial charge in [-0.1, -0.05) is 0 Å². The van der Waals surface area contributed by atoms with Crippen LogP contribution in [0, 0.1) is 17.2 Å². The molecule has 1 heterocycles. The fraction of sp³-hybridized carbons (Fsp3) is 0.333. The molecule has 0 radical (unpaired) electrons. The van der Waals surface area contributed by atoms with Crippen LogP contribution in [0.4, 0.5) is 0 Å². The predicted octanol–water partition coefficient (Wildman–Crippen LogP) is 0.756. The number of aromatic nitrogens is 1. The summed E-state index contributed by atoms with van der Waals surface area (Å²) in [5, 5.41) is 17.3. The van der Waals surface area contributed by atoms with Gasteiger partial charge in [-0.05, 0) is 24.1 Å². The number of nitrogens with zero attached hydrogens (tertiary/aromatic N) is 2. The van der Waals surface area contributed by atoms with Crippen molar-refractivity contribution in [2.24, 2.45) is 5.92 Å². The molecule has 0 saturated heterocycles. The SMILES string of the molecule is N#C[C@H](CO)Cc1ccncc1. The molecule has 0 aliphatic rings. The lowest BCUT2D eigenvalue weighted by Gasteiger charge is -2.03. The van der Waals surface area contributed by atoms with Crippen LogP contribution in [-0.2, 0) is 6.42 Å². The maximum absolute atomic E-state index is 8.75. The molecule has 1 atom stereocenters. The van der Waals surface area contributed by atoms with E-state index in [0.29, 0.717) is 6.42 Å². The second-order valence-electron chi connectivity index (χ2n) is 2.57.